The highest BCUT2D eigenvalue weighted by molar-refractivity contribution is 6.01. The van der Waals surface area contributed by atoms with Gasteiger partial charge in [-0.1, -0.05) is 50.3 Å². The fourth-order valence-corrected chi connectivity index (χ4v) is 4.15. The number of nitrogens with zero attached hydrogens (tertiary/aromatic N) is 5. The van der Waals surface area contributed by atoms with Gasteiger partial charge in [0.1, 0.15) is 18.1 Å². The Labute approximate surface area is 217 Å². The van der Waals surface area contributed by atoms with Gasteiger partial charge in [-0.05, 0) is 73.7 Å². The zero-order valence-corrected chi connectivity index (χ0v) is 22.0. The van der Waals surface area contributed by atoms with Crippen LogP contribution in [0.3, 0.4) is 0 Å². The molecule has 0 radical (unpaired) electrons. The lowest BCUT2D eigenvalue weighted by Gasteiger charge is -2.34. The summed E-state index contributed by atoms with van der Waals surface area (Å²) in [6.07, 6.45) is 4.01. The third-order valence-corrected chi connectivity index (χ3v) is 6.69. The van der Waals surface area contributed by atoms with Crippen LogP contribution in [0.25, 0.3) is 11.0 Å². The molecule has 0 unspecified atom stereocenters. The van der Waals surface area contributed by atoms with Gasteiger partial charge in [-0.3, -0.25) is 19.5 Å². The second-order valence-electron chi connectivity index (χ2n) is 10.2. The molecule has 0 aliphatic heterocycles. The van der Waals surface area contributed by atoms with Gasteiger partial charge in [0.15, 0.2) is 0 Å². The van der Waals surface area contributed by atoms with E-state index < -0.39 is 11.6 Å². The molecule has 1 N–H and O–H groups in total. The molecule has 192 valence electrons. The number of para-hydroxylation sites is 1. The van der Waals surface area contributed by atoms with Crippen molar-refractivity contribution in [3.63, 3.8) is 0 Å². The minimum Gasteiger partial charge on any atom is -0.349 e. The number of benzene rings is 2. The predicted molar refractivity (Wildman–Crippen MR) is 145 cm³/mol. The first-order chi connectivity index (χ1) is 17.7. The largest absolute Gasteiger partial charge is 0.349 e. The number of carbonyl (C=O) groups excluding carboxylic acids is 2. The van der Waals surface area contributed by atoms with E-state index in [1.807, 2.05) is 69.3 Å². The third-order valence-electron chi connectivity index (χ3n) is 6.69. The fourth-order valence-electron chi connectivity index (χ4n) is 4.15. The van der Waals surface area contributed by atoms with Gasteiger partial charge in [0.05, 0.1) is 5.52 Å². The number of hydrogen-bond acceptors (Lipinski definition) is 5. The van der Waals surface area contributed by atoms with Crippen molar-refractivity contribution in [2.24, 2.45) is 0 Å². The zero-order chi connectivity index (χ0) is 26.6. The number of rotatable bonds is 9. The molecular formula is C29H34N6O2. The normalized spacial score (nSPS) is 12.5. The van der Waals surface area contributed by atoms with E-state index in [9.17, 15) is 9.59 Å². The van der Waals surface area contributed by atoms with E-state index >= 15 is 0 Å². The molecule has 1 atom stereocenters. The first-order valence-electron chi connectivity index (χ1n) is 12.6. The number of pyridine rings is 1. The second kappa shape index (κ2) is 10.9. The lowest BCUT2D eigenvalue weighted by Crippen LogP contribution is -2.51. The maximum atomic E-state index is 14.1. The Balaban J connectivity index is 1.81. The van der Waals surface area contributed by atoms with Crippen molar-refractivity contribution in [2.75, 3.05) is 4.90 Å². The van der Waals surface area contributed by atoms with Crippen molar-refractivity contribution >= 4 is 28.5 Å². The summed E-state index contributed by atoms with van der Waals surface area (Å²) in [6.45, 7) is 10.1. The molecule has 8 heteroatoms. The van der Waals surface area contributed by atoms with Gasteiger partial charge in [-0.15, -0.1) is 5.10 Å². The standard InChI is InChI=1S/C29H34N6O2/c1-6-29(4,5)31-28(37)27(22-15-17-30-18-16-22)35(23-13-11-21(12-14-23)20(2)3)26(36)19-34-25-10-8-7-9-24(25)32-33-34/h7-18,20,27H,6,19H2,1-5H3,(H,31,37)/t27-/m1/s1. The number of nitrogens with one attached hydrogen (secondary N) is 1. The van der Waals surface area contributed by atoms with Crippen molar-refractivity contribution < 1.29 is 9.59 Å². The number of hydrogen-bond donors (Lipinski definition) is 1. The monoisotopic (exact) mass is 498 g/mol. The molecule has 2 amide bonds. The van der Waals surface area contributed by atoms with Crippen LogP contribution in [0.15, 0.2) is 73.1 Å². The molecule has 37 heavy (non-hydrogen) atoms. The van der Waals surface area contributed by atoms with Gasteiger partial charge < -0.3 is 5.32 Å². The topological polar surface area (TPSA) is 93.0 Å². The summed E-state index contributed by atoms with van der Waals surface area (Å²) in [5, 5.41) is 11.5. The molecule has 4 aromatic rings. The first-order valence-corrected chi connectivity index (χ1v) is 12.6. The number of aromatic nitrogens is 4. The molecule has 2 aromatic heterocycles. The summed E-state index contributed by atoms with van der Waals surface area (Å²) in [4.78, 5) is 33.6. The van der Waals surface area contributed by atoms with Crippen LogP contribution in [0.1, 0.15) is 64.1 Å². The quantitative estimate of drug-likeness (QED) is 0.349. The molecule has 0 aliphatic rings. The van der Waals surface area contributed by atoms with Gasteiger partial charge in [0, 0.05) is 23.6 Å². The number of fused-ring (bicyclic) bond motifs is 1. The highest BCUT2D eigenvalue weighted by Gasteiger charge is 2.35. The molecule has 0 saturated carbocycles. The molecule has 0 spiro atoms. The summed E-state index contributed by atoms with van der Waals surface area (Å²) < 4.78 is 1.57. The smallest absolute Gasteiger partial charge is 0.249 e. The highest BCUT2D eigenvalue weighted by atomic mass is 16.2. The fraction of sp³-hybridized carbons (Fsp3) is 0.345. The molecule has 8 nitrogen and oxygen atoms in total. The van der Waals surface area contributed by atoms with Crippen molar-refractivity contribution in [3.05, 3.63) is 84.2 Å². The van der Waals surface area contributed by atoms with E-state index in [1.165, 1.54) is 0 Å². The molecule has 0 aliphatic carbocycles. The van der Waals surface area contributed by atoms with E-state index in [4.69, 9.17) is 0 Å². The van der Waals surface area contributed by atoms with Crippen molar-refractivity contribution in [1.29, 1.82) is 0 Å². The lowest BCUT2D eigenvalue weighted by molar-refractivity contribution is -0.128. The summed E-state index contributed by atoms with van der Waals surface area (Å²) in [6, 6.07) is 17.9. The van der Waals surface area contributed by atoms with E-state index in [0.717, 1.165) is 17.5 Å². The van der Waals surface area contributed by atoms with Crippen LogP contribution in [0.4, 0.5) is 5.69 Å². The summed E-state index contributed by atoms with van der Waals surface area (Å²) >= 11 is 0. The number of anilines is 1. The Kier molecular flexibility index (Phi) is 7.66. The van der Waals surface area contributed by atoms with Crippen LogP contribution in [0.5, 0.6) is 0 Å². The zero-order valence-electron chi connectivity index (χ0n) is 22.0. The van der Waals surface area contributed by atoms with E-state index in [2.05, 4.69) is 34.5 Å². The van der Waals surface area contributed by atoms with Crippen molar-refractivity contribution in [1.82, 2.24) is 25.3 Å². The summed E-state index contributed by atoms with van der Waals surface area (Å²) in [5.74, 6) is -0.202. The van der Waals surface area contributed by atoms with Crippen LogP contribution in [-0.4, -0.2) is 37.3 Å². The van der Waals surface area contributed by atoms with Gasteiger partial charge in [-0.25, -0.2) is 4.68 Å². The summed E-state index contributed by atoms with van der Waals surface area (Å²) in [5.41, 5.74) is 3.46. The van der Waals surface area contributed by atoms with Crippen molar-refractivity contribution in [2.45, 2.75) is 65.1 Å². The summed E-state index contributed by atoms with van der Waals surface area (Å²) in [7, 11) is 0. The molecule has 2 aromatic carbocycles. The Morgan fingerprint density at radius 3 is 2.30 bits per heavy atom. The second-order valence-corrected chi connectivity index (χ2v) is 10.2. The Hall–Kier alpha value is -4.07. The molecule has 0 bridgehead atoms. The average Bonchev–Trinajstić information content (AvgIpc) is 3.30. The van der Waals surface area contributed by atoms with Crippen LogP contribution in [-0.2, 0) is 16.1 Å². The number of carbonyl (C=O) groups is 2. The highest BCUT2D eigenvalue weighted by Crippen LogP contribution is 2.30. The maximum absolute atomic E-state index is 14.1. The minimum atomic E-state index is -0.902. The molecule has 4 rings (SSSR count). The van der Waals surface area contributed by atoms with Crippen LogP contribution >= 0.6 is 0 Å². The molecular weight excluding hydrogens is 464 g/mol. The predicted octanol–water partition coefficient (Wildman–Crippen LogP) is 5.03. The third kappa shape index (κ3) is 5.85. The van der Waals surface area contributed by atoms with Gasteiger partial charge >= 0.3 is 0 Å². The van der Waals surface area contributed by atoms with E-state index in [-0.39, 0.29) is 18.4 Å². The Morgan fingerprint density at radius 1 is 0.973 bits per heavy atom. The first kappa shape index (κ1) is 26.0. The molecule has 0 saturated heterocycles. The number of amides is 2. The van der Waals surface area contributed by atoms with Crippen LogP contribution in [0, 0.1) is 0 Å². The Morgan fingerprint density at radius 2 is 1.65 bits per heavy atom. The minimum absolute atomic E-state index is 0.0710. The van der Waals surface area contributed by atoms with Gasteiger partial charge in [0.2, 0.25) is 11.8 Å². The SMILES string of the molecule is CCC(C)(C)NC(=O)[C@@H](c1ccncc1)N(C(=O)Cn1nnc2ccccc21)c1ccc(C(C)C)cc1. The molecule has 2 heterocycles. The van der Waals surface area contributed by atoms with Crippen molar-refractivity contribution in [3.8, 4) is 0 Å². The van der Waals surface area contributed by atoms with Gasteiger partial charge in [0.25, 0.3) is 0 Å². The molecule has 0 fully saturated rings. The van der Waals surface area contributed by atoms with Crippen LogP contribution in [0.2, 0.25) is 0 Å². The average molecular weight is 499 g/mol. The van der Waals surface area contributed by atoms with Crippen LogP contribution < -0.4 is 10.2 Å². The lowest BCUT2D eigenvalue weighted by atomic mass is 9.98. The Bertz CT molecular complexity index is 1360. The maximum Gasteiger partial charge on any atom is 0.249 e. The van der Waals surface area contributed by atoms with E-state index in [0.29, 0.717) is 22.7 Å². The van der Waals surface area contributed by atoms with Gasteiger partial charge in [-0.2, -0.15) is 0 Å². The van der Waals surface area contributed by atoms with E-state index in [1.54, 1.807) is 34.1 Å².